The van der Waals surface area contributed by atoms with Crippen LogP contribution in [-0.4, -0.2) is 22.2 Å². The van der Waals surface area contributed by atoms with Gasteiger partial charge in [-0.3, -0.25) is 0 Å². The first-order valence-electron chi connectivity index (χ1n) is 11.6. The van der Waals surface area contributed by atoms with Gasteiger partial charge in [0.25, 0.3) is 0 Å². The van der Waals surface area contributed by atoms with E-state index in [-0.39, 0.29) is 11.1 Å². The molecule has 0 saturated carbocycles. The van der Waals surface area contributed by atoms with Gasteiger partial charge in [0.05, 0.1) is 11.1 Å². The molecule has 0 saturated heterocycles. The first kappa shape index (κ1) is 25.2. The van der Waals surface area contributed by atoms with Crippen molar-refractivity contribution in [3.63, 3.8) is 0 Å². The second-order valence-electron chi connectivity index (χ2n) is 9.59. The molecule has 0 atom stereocenters. The molecular formula is C30H34O4. The second kappa shape index (κ2) is 9.46. The van der Waals surface area contributed by atoms with E-state index < -0.39 is 11.9 Å². The van der Waals surface area contributed by atoms with Crippen molar-refractivity contribution in [1.82, 2.24) is 0 Å². The lowest BCUT2D eigenvalue weighted by molar-refractivity contribution is 0.0679. The summed E-state index contributed by atoms with van der Waals surface area (Å²) in [7, 11) is 0. The SMILES string of the molecule is Cc1cc(Cc2cc(C(=O)O)c(Cc3cc(C)c(C)c(C)c3C)cc2C(=O)O)c(C)c(C)c1C. The molecule has 3 aromatic carbocycles. The Bertz CT molecular complexity index is 1230. The van der Waals surface area contributed by atoms with Crippen LogP contribution in [0, 0.1) is 55.4 Å². The molecule has 4 heteroatoms. The van der Waals surface area contributed by atoms with Crippen LogP contribution in [0.15, 0.2) is 24.3 Å². The number of carboxylic acids is 2. The number of hydrogen-bond acceptors (Lipinski definition) is 2. The third-order valence-electron chi connectivity index (χ3n) is 7.73. The van der Waals surface area contributed by atoms with Crippen molar-refractivity contribution in [2.75, 3.05) is 0 Å². The Balaban J connectivity index is 2.17. The summed E-state index contributed by atoms with van der Waals surface area (Å²) >= 11 is 0. The van der Waals surface area contributed by atoms with Gasteiger partial charge in [0.1, 0.15) is 0 Å². The molecule has 3 rings (SSSR count). The van der Waals surface area contributed by atoms with Crippen LogP contribution in [-0.2, 0) is 12.8 Å². The van der Waals surface area contributed by atoms with Crippen molar-refractivity contribution in [2.45, 2.75) is 68.2 Å². The molecule has 0 spiro atoms. The summed E-state index contributed by atoms with van der Waals surface area (Å²) in [6.45, 7) is 16.5. The van der Waals surface area contributed by atoms with E-state index in [4.69, 9.17) is 0 Å². The third-order valence-corrected chi connectivity index (χ3v) is 7.73. The fraction of sp³-hybridized carbons (Fsp3) is 0.333. The zero-order chi connectivity index (χ0) is 25.5. The van der Waals surface area contributed by atoms with Crippen molar-refractivity contribution in [1.29, 1.82) is 0 Å². The molecule has 0 fully saturated rings. The maximum atomic E-state index is 12.2. The van der Waals surface area contributed by atoms with Gasteiger partial charge in [0.15, 0.2) is 0 Å². The van der Waals surface area contributed by atoms with E-state index in [1.165, 1.54) is 22.3 Å². The van der Waals surface area contributed by atoms with Gasteiger partial charge >= 0.3 is 11.9 Å². The molecule has 0 bridgehead atoms. The first-order valence-corrected chi connectivity index (χ1v) is 11.6. The lowest BCUT2D eigenvalue weighted by atomic mass is 9.86. The first-order chi connectivity index (χ1) is 15.8. The normalized spacial score (nSPS) is 11.1. The van der Waals surface area contributed by atoms with Crippen LogP contribution in [0.5, 0.6) is 0 Å². The average molecular weight is 459 g/mol. The van der Waals surface area contributed by atoms with Gasteiger partial charge < -0.3 is 10.2 Å². The molecule has 0 heterocycles. The Morgan fingerprint density at radius 2 is 0.824 bits per heavy atom. The van der Waals surface area contributed by atoms with Crippen LogP contribution in [0.4, 0.5) is 0 Å². The summed E-state index contributed by atoms with van der Waals surface area (Å²) in [5.74, 6) is -2.08. The molecule has 0 unspecified atom stereocenters. The third kappa shape index (κ3) is 4.63. The summed E-state index contributed by atoms with van der Waals surface area (Å²) in [4.78, 5) is 24.5. The van der Waals surface area contributed by atoms with Crippen LogP contribution in [0.3, 0.4) is 0 Å². The van der Waals surface area contributed by atoms with E-state index in [1.54, 1.807) is 12.1 Å². The molecule has 34 heavy (non-hydrogen) atoms. The molecule has 0 radical (unpaired) electrons. The lowest BCUT2D eigenvalue weighted by Crippen LogP contribution is -2.12. The quantitative estimate of drug-likeness (QED) is 0.429. The second-order valence-corrected chi connectivity index (χ2v) is 9.59. The molecule has 2 N–H and O–H groups in total. The Labute approximate surface area is 202 Å². The zero-order valence-corrected chi connectivity index (χ0v) is 21.4. The number of carboxylic acid groups (broad SMARTS) is 2. The van der Waals surface area contributed by atoms with Gasteiger partial charge in [-0.05, 0) is 147 Å². The summed E-state index contributed by atoms with van der Waals surface area (Å²) in [6.07, 6.45) is 0.746. The van der Waals surface area contributed by atoms with Crippen molar-refractivity contribution in [3.8, 4) is 0 Å². The predicted octanol–water partition coefficient (Wildman–Crippen LogP) is 6.73. The summed E-state index contributed by atoms with van der Waals surface area (Å²) in [5, 5.41) is 20.0. The topological polar surface area (TPSA) is 74.6 Å². The maximum absolute atomic E-state index is 12.2. The van der Waals surface area contributed by atoms with Crippen LogP contribution < -0.4 is 0 Å². The fourth-order valence-corrected chi connectivity index (χ4v) is 4.75. The van der Waals surface area contributed by atoms with E-state index in [9.17, 15) is 19.8 Å². The van der Waals surface area contributed by atoms with Crippen LogP contribution in [0.2, 0.25) is 0 Å². The summed E-state index contributed by atoms with van der Waals surface area (Å²) in [6, 6.07) is 7.29. The van der Waals surface area contributed by atoms with Gasteiger partial charge in [-0.15, -0.1) is 0 Å². The van der Waals surface area contributed by atoms with E-state index in [1.807, 2.05) is 27.7 Å². The Kier molecular flexibility index (Phi) is 7.02. The largest absolute Gasteiger partial charge is 0.478 e. The predicted molar refractivity (Wildman–Crippen MR) is 137 cm³/mol. The van der Waals surface area contributed by atoms with Gasteiger partial charge in [-0.2, -0.15) is 0 Å². The van der Waals surface area contributed by atoms with E-state index in [0.717, 1.165) is 33.4 Å². The minimum atomic E-state index is -1.04. The fourth-order valence-electron chi connectivity index (χ4n) is 4.75. The number of aromatic carboxylic acids is 2. The minimum Gasteiger partial charge on any atom is -0.478 e. The number of carbonyl (C=O) groups is 2. The molecule has 4 nitrogen and oxygen atoms in total. The van der Waals surface area contributed by atoms with Gasteiger partial charge in [0, 0.05) is 0 Å². The van der Waals surface area contributed by atoms with Gasteiger partial charge in [-0.25, -0.2) is 9.59 Å². The van der Waals surface area contributed by atoms with Crippen molar-refractivity contribution < 1.29 is 19.8 Å². The molecule has 0 aliphatic rings. The highest BCUT2D eigenvalue weighted by molar-refractivity contribution is 5.95. The minimum absolute atomic E-state index is 0.161. The highest BCUT2D eigenvalue weighted by Crippen LogP contribution is 2.29. The smallest absolute Gasteiger partial charge is 0.335 e. The van der Waals surface area contributed by atoms with Crippen molar-refractivity contribution in [2.24, 2.45) is 0 Å². The molecule has 0 aliphatic carbocycles. The van der Waals surface area contributed by atoms with Crippen molar-refractivity contribution in [3.05, 3.63) is 102 Å². The van der Waals surface area contributed by atoms with Crippen LogP contribution in [0.25, 0.3) is 0 Å². The number of hydrogen-bond donors (Lipinski definition) is 2. The number of aryl methyl sites for hydroxylation is 2. The van der Waals surface area contributed by atoms with Crippen LogP contribution in [0.1, 0.15) is 87.5 Å². The van der Waals surface area contributed by atoms with E-state index in [2.05, 4.69) is 39.8 Å². The van der Waals surface area contributed by atoms with Gasteiger partial charge in [0.2, 0.25) is 0 Å². The summed E-state index contributed by atoms with van der Waals surface area (Å²) in [5.41, 5.74) is 12.7. The number of rotatable bonds is 6. The van der Waals surface area contributed by atoms with Crippen molar-refractivity contribution >= 4 is 11.9 Å². The molecule has 0 aliphatic heterocycles. The Hall–Kier alpha value is -3.40. The van der Waals surface area contributed by atoms with Gasteiger partial charge in [-0.1, -0.05) is 12.1 Å². The van der Waals surface area contributed by atoms with E-state index in [0.29, 0.717) is 24.0 Å². The molecule has 3 aromatic rings. The lowest BCUT2D eigenvalue weighted by Gasteiger charge is -2.18. The maximum Gasteiger partial charge on any atom is 0.335 e. The molecule has 0 aromatic heterocycles. The zero-order valence-electron chi connectivity index (χ0n) is 21.4. The highest BCUT2D eigenvalue weighted by atomic mass is 16.4. The average Bonchev–Trinajstić information content (AvgIpc) is 2.78. The van der Waals surface area contributed by atoms with E-state index >= 15 is 0 Å². The molecule has 0 amide bonds. The highest BCUT2D eigenvalue weighted by Gasteiger charge is 2.21. The molecule has 178 valence electrons. The molecular weight excluding hydrogens is 424 g/mol. The Morgan fingerprint density at radius 3 is 1.12 bits per heavy atom. The summed E-state index contributed by atoms with van der Waals surface area (Å²) < 4.78 is 0. The number of benzene rings is 3. The van der Waals surface area contributed by atoms with Crippen LogP contribution >= 0.6 is 0 Å². The standard InChI is InChI=1S/C30H34O4/c1-15-9-23(21(7)19(5)17(15)3)11-25-13-28(30(33)34)26(14-27(25)29(31)32)12-24-10-16(2)18(4)20(6)22(24)8/h9-10,13-14H,11-12H2,1-8H3,(H,31,32)(H,33,34). The monoisotopic (exact) mass is 458 g/mol. The Morgan fingerprint density at radius 1 is 0.500 bits per heavy atom.